The molecule has 1 aliphatic rings. The van der Waals surface area contributed by atoms with Crippen LogP contribution in [0.25, 0.3) is 11.3 Å². The van der Waals surface area contributed by atoms with Crippen LogP contribution in [0.4, 0.5) is 11.8 Å². The summed E-state index contributed by atoms with van der Waals surface area (Å²) in [6.45, 7) is 4.06. The van der Waals surface area contributed by atoms with Gasteiger partial charge in [-0.15, -0.1) is 5.10 Å². The first kappa shape index (κ1) is 18.1. The highest BCUT2D eigenvalue weighted by atomic mass is 16.2. The molecule has 10 nitrogen and oxygen atoms in total. The van der Waals surface area contributed by atoms with Gasteiger partial charge in [-0.1, -0.05) is 0 Å². The molecule has 0 atom stereocenters. The fraction of sp³-hybridized carbons (Fsp3) is 0.444. The second-order valence-electron chi connectivity index (χ2n) is 6.88. The maximum Gasteiger partial charge on any atom is 0.247 e. The molecule has 0 saturated carbocycles. The minimum atomic E-state index is -0.219. The molecule has 146 valence electrons. The van der Waals surface area contributed by atoms with Crippen molar-refractivity contribution in [1.82, 2.24) is 34.7 Å². The Hall–Kier alpha value is -3.30. The molecule has 0 spiro atoms. The number of nitrogens with zero attached hydrogens (tertiary/aromatic N) is 8. The fourth-order valence-electron chi connectivity index (χ4n) is 3.28. The Labute approximate surface area is 162 Å². The van der Waals surface area contributed by atoms with E-state index in [-0.39, 0.29) is 12.5 Å². The first-order chi connectivity index (χ1) is 13.6. The topological polar surface area (TPSA) is 107 Å². The zero-order valence-electron chi connectivity index (χ0n) is 16.0. The lowest BCUT2D eigenvalue weighted by molar-refractivity contribution is -0.116. The Morgan fingerprint density at radius 2 is 2.00 bits per heavy atom. The molecule has 4 heterocycles. The average Bonchev–Trinajstić information content (AvgIpc) is 3.31. The molecule has 0 bridgehead atoms. The van der Waals surface area contributed by atoms with E-state index < -0.39 is 0 Å². The Morgan fingerprint density at radius 3 is 2.71 bits per heavy atom. The highest BCUT2D eigenvalue weighted by molar-refractivity contribution is 5.89. The Balaban J connectivity index is 1.44. The Bertz CT molecular complexity index is 971. The number of nitrogens with one attached hydrogen (secondary N) is 1. The summed E-state index contributed by atoms with van der Waals surface area (Å²) >= 11 is 0. The van der Waals surface area contributed by atoms with E-state index in [1.807, 2.05) is 19.2 Å². The van der Waals surface area contributed by atoms with Crippen LogP contribution in [0.5, 0.6) is 0 Å². The van der Waals surface area contributed by atoms with Gasteiger partial charge in [-0.3, -0.25) is 9.48 Å². The number of carbonyl (C=O) groups excluding carboxylic acids is 1. The summed E-state index contributed by atoms with van der Waals surface area (Å²) in [6, 6.07) is 1.86. The lowest BCUT2D eigenvalue weighted by atomic mass is 10.1. The van der Waals surface area contributed by atoms with Gasteiger partial charge in [0.25, 0.3) is 0 Å². The average molecular weight is 381 g/mol. The van der Waals surface area contributed by atoms with Gasteiger partial charge in [0.05, 0.1) is 17.6 Å². The van der Waals surface area contributed by atoms with E-state index in [2.05, 4.69) is 35.5 Å². The molecule has 0 aromatic carbocycles. The molecule has 10 heteroatoms. The van der Waals surface area contributed by atoms with Crippen LogP contribution < -0.4 is 10.2 Å². The van der Waals surface area contributed by atoms with E-state index in [0.717, 1.165) is 36.0 Å². The van der Waals surface area contributed by atoms with Crippen molar-refractivity contribution in [1.29, 1.82) is 0 Å². The number of piperidine rings is 1. The van der Waals surface area contributed by atoms with Crippen LogP contribution in [-0.2, 0) is 18.4 Å². The number of carbonyl (C=O) groups is 1. The fourth-order valence-corrected chi connectivity index (χ4v) is 3.28. The predicted molar refractivity (Wildman–Crippen MR) is 104 cm³/mol. The van der Waals surface area contributed by atoms with Crippen molar-refractivity contribution >= 4 is 17.7 Å². The molecule has 0 aliphatic carbocycles. The highest BCUT2D eigenvalue weighted by Crippen LogP contribution is 2.23. The summed E-state index contributed by atoms with van der Waals surface area (Å²) in [6.07, 6.45) is 8.73. The van der Waals surface area contributed by atoms with Crippen molar-refractivity contribution in [3.05, 3.63) is 30.4 Å². The molecule has 0 radical (unpaired) electrons. The van der Waals surface area contributed by atoms with Crippen LogP contribution in [0, 0.1) is 6.92 Å². The lowest BCUT2D eigenvalue weighted by Crippen LogP contribution is -2.31. The van der Waals surface area contributed by atoms with Gasteiger partial charge in [-0.25, -0.2) is 9.97 Å². The quantitative estimate of drug-likeness (QED) is 0.712. The molecule has 3 aromatic rings. The van der Waals surface area contributed by atoms with Crippen LogP contribution in [0.1, 0.15) is 25.0 Å². The SMILES string of the molecule is Cc1nc(N2CCCCC2)ncc1-c1ccn(CC(=O)Nc2cnn(C)n2)n1. The minimum Gasteiger partial charge on any atom is -0.341 e. The van der Waals surface area contributed by atoms with E-state index >= 15 is 0 Å². The third-order valence-electron chi connectivity index (χ3n) is 4.69. The van der Waals surface area contributed by atoms with E-state index in [4.69, 9.17) is 0 Å². The van der Waals surface area contributed by atoms with Crippen LogP contribution >= 0.6 is 0 Å². The van der Waals surface area contributed by atoms with Gasteiger partial charge in [0, 0.05) is 38.1 Å². The molecule has 0 unspecified atom stereocenters. The van der Waals surface area contributed by atoms with Crippen molar-refractivity contribution in [2.24, 2.45) is 7.05 Å². The van der Waals surface area contributed by atoms with Crippen LogP contribution in [0.3, 0.4) is 0 Å². The summed E-state index contributed by atoms with van der Waals surface area (Å²) in [5.74, 6) is 0.977. The molecular weight excluding hydrogens is 358 g/mol. The third-order valence-corrected chi connectivity index (χ3v) is 4.69. The third kappa shape index (κ3) is 4.00. The van der Waals surface area contributed by atoms with Gasteiger partial charge in [0.2, 0.25) is 11.9 Å². The number of anilines is 2. The zero-order chi connectivity index (χ0) is 19.5. The minimum absolute atomic E-state index is 0.0857. The summed E-state index contributed by atoms with van der Waals surface area (Å²) in [7, 11) is 1.69. The smallest absolute Gasteiger partial charge is 0.247 e. The highest BCUT2D eigenvalue weighted by Gasteiger charge is 2.16. The van der Waals surface area contributed by atoms with E-state index in [0.29, 0.717) is 5.82 Å². The second kappa shape index (κ2) is 7.75. The van der Waals surface area contributed by atoms with E-state index in [1.54, 1.807) is 17.9 Å². The van der Waals surface area contributed by atoms with Crippen molar-refractivity contribution < 1.29 is 4.79 Å². The lowest BCUT2D eigenvalue weighted by Gasteiger charge is -2.26. The maximum atomic E-state index is 12.1. The van der Waals surface area contributed by atoms with Gasteiger partial charge >= 0.3 is 0 Å². The number of rotatable bonds is 5. The van der Waals surface area contributed by atoms with Crippen molar-refractivity contribution in [3.63, 3.8) is 0 Å². The molecule has 3 aromatic heterocycles. The molecule has 4 rings (SSSR count). The van der Waals surface area contributed by atoms with E-state index in [9.17, 15) is 4.79 Å². The molecule has 1 N–H and O–H groups in total. The zero-order valence-corrected chi connectivity index (χ0v) is 16.0. The summed E-state index contributed by atoms with van der Waals surface area (Å²) < 4.78 is 1.58. The van der Waals surface area contributed by atoms with Gasteiger partial charge in [-0.05, 0) is 32.3 Å². The molecule has 1 fully saturated rings. The van der Waals surface area contributed by atoms with Crippen LogP contribution in [0.15, 0.2) is 24.7 Å². The first-order valence-corrected chi connectivity index (χ1v) is 9.37. The second-order valence-corrected chi connectivity index (χ2v) is 6.88. The van der Waals surface area contributed by atoms with Gasteiger partial charge in [-0.2, -0.15) is 15.0 Å². The van der Waals surface area contributed by atoms with Gasteiger partial charge in [0.1, 0.15) is 6.54 Å². The van der Waals surface area contributed by atoms with Crippen LogP contribution in [-0.4, -0.2) is 53.7 Å². The monoisotopic (exact) mass is 381 g/mol. The summed E-state index contributed by atoms with van der Waals surface area (Å²) in [4.78, 5) is 25.0. The molecule has 1 amide bonds. The normalized spacial score (nSPS) is 14.3. The van der Waals surface area contributed by atoms with Crippen molar-refractivity contribution in [2.45, 2.75) is 32.7 Å². The summed E-state index contributed by atoms with van der Waals surface area (Å²) in [5.41, 5.74) is 2.49. The largest absolute Gasteiger partial charge is 0.341 e. The number of aryl methyl sites for hydroxylation is 2. The number of hydrogen-bond acceptors (Lipinski definition) is 7. The molecule has 28 heavy (non-hydrogen) atoms. The first-order valence-electron chi connectivity index (χ1n) is 9.37. The van der Waals surface area contributed by atoms with Gasteiger partial charge in [0.15, 0.2) is 5.82 Å². The van der Waals surface area contributed by atoms with E-state index in [1.165, 1.54) is 30.3 Å². The predicted octanol–water partition coefficient (Wildman–Crippen LogP) is 1.41. The number of amides is 1. The van der Waals surface area contributed by atoms with Crippen molar-refractivity contribution in [3.8, 4) is 11.3 Å². The maximum absolute atomic E-state index is 12.1. The van der Waals surface area contributed by atoms with Crippen molar-refractivity contribution in [2.75, 3.05) is 23.3 Å². The number of hydrogen-bond donors (Lipinski definition) is 1. The molecule has 1 saturated heterocycles. The number of aromatic nitrogens is 7. The van der Waals surface area contributed by atoms with Crippen LogP contribution in [0.2, 0.25) is 0 Å². The Morgan fingerprint density at radius 1 is 1.18 bits per heavy atom. The molecular formula is C18H23N9O. The summed E-state index contributed by atoms with van der Waals surface area (Å²) in [5, 5.41) is 15.1. The Kier molecular flexibility index (Phi) is 5.00. The standard InChI is InChI=1S/C18H23N9O/c1-13-14(10-19-18(21-13)26-7-4-3-5-8-26)15-6-9-27(23-15)12-17(28)22-16-11-20-25(2)24-16/h6,9-11H,3-5,7-8,12H2,1-2H3,(H,22,24,28). The molecule has 1 aliphatic heterocycles. The van der Waals surface area contributed by atoms with Gasteiger partial charge < -0.3 is 10.2 Å².